The lowest BCUT2D eigenvalue weighted by Gasteiger charge is -2.43. The normalized spacial score (nSPS) is 30.6. The molecule has 0 bridgehead atoms. The van der Waals surface area contributed by atoms with Crippen LogP contribution in [0.1, 0.15) is 76.0 Å². The van der Waals surface area contributed by atoms with Gasteiger partial charge in [0, 0.05) is 35.7 Å². The van der Waals surface area contributed by atoms with Gasteiger partial charge < -0.3 is 14.4 Å². The van der Waals surface area contributed by atoms with Crippen molar-refractivity contribution < 1.29 is 23.4 Å². The van der Waals surface area contributed by atoms with Gasteiger partial charge in [0.05, 0.1) is 11.0 Å². The van der Waals surface area contributed by atoms with Gasteiger partial charge >= 0.3 is 5.97 Å². The number of hydrogen-bond acceptors (Lipinski definition) is 2. The minimum atomic E-state index is -0.778. The second kappa shape index (κ2) is 7.79. The number of aromatic nitrogens is 1. The van der Waals surface area contributed by atoms with E-state index in [1.54, 1.807) is 26.0 Å². The number of carboxylic acid groups (broad SMARTS) is 1. The quantitative estimate of drug-likeness (QED) is 0.568. The van der Waals surface area contributed by atoms with E-state index in [0.29, 0.717) is 38.0 Å². The molecule has 176 valence electrons. The number of halogens is 2. The molecule has 1 aliphatic heterocycles. The molecule has 2 fully saturated rings. The van der Waals surface area contributed by atoms with Gasteiger partial charge in [-0.15, -0.1) is 0 Å². The van der Waals surface area contributed by atoms with Crippen LogP contribution in [0, 0.1) is 11.2 Å². The molecule has 2 heterocycles. The predicted octanol–water partition coefficient (Wildman–Crippen LogP) is 6.56. The van der Waals surface area contributed by atoms with Crippen molar-refractivity contribution in [3.8, 4) is 0 Å². The van der Waals surface area contributed by atoms with E-state index in [1.807, 2.05) is 12.1 Å². The Hall–Kier alpha value is -2.47. The summed E-state index contributed by atoms with van der Waals surface area (Å²) in [5.74, 6) is -0.994. The third-order valence-electron chi connectivity index (χ3n) is 8.04. The summed E-state index contributed by atoms with van der Waals surface area (Å²) in [7, 11) is 0. The first-order valence-corrected chi connectivity index (χ1v) is 11.8. The Labute approximate surface area is 192 Å². The highest BCUT2D eigenvalue weighted by Crippen LogP contribution is 2.56. The molecule has 6 heteroatoms. The van der Waals surface area contributed by atoms with Crippen LogP contribution in [0.4, 0.5) is 8.78 Å². The second-order valence-electron chi connectivity index (χ2n) is 10.6. The van der Waals surface area contributed by atoms with Crippen molar-refractivity contribution in [3.63, 3.8) is 0 Å². The van der Waals surface area contributed by atoms with Crippen LogP contribution in [0.25, 0.3) is 10.9 Å². The molecule has 5 rings (SSSR count). The van der Waals surface area contributed by atoms with Crippen LogP contribution < -0.4 is 0 Å². The van der Waals surface area contributed by atoms with Crippen LogP contribution in [0.5, 0.6) is 0 Å². The zero-order valence-electron chi connectivity index (χ0n) is 19.5. The zero-order chi connectivity index (χ0) is 23.5. The van der Waals surface area contributed by atoms with Gasteiger partial charge in [-0.1, -0.05) is 6.08 Å². The molecule has 1 N–H and O–H groups in total. The van der Waals surface area contributed by atoms with E-state index in [4.69, 9.17) is 4.74 Å². The minimum Gasteiger partial charge on any atom is -0.481 e. The van der Waals surface area contributed by atoms with E-state index in [0.717, 1.165) is 35.0 Å². The van der Waals surface area contributed by atoms with E-state index in [1.165, 1.54) is 6.07 Å². The first-order chi connectivity index (χ1) is 15.6. The fraction of sp³-hybridized carbons (Fsp3) is 0.519. The second-order valence-corrected chi connectivity index (χ2v) is 10.6. The number of aliphatic carboxylic acids is 1. The molecule has 1 aromatic heterocycles. The SMILES string of the molecule is CC1=CC(C)(n2c(C3CCOCC3)c(C3CC(C)(C(=O)O)C3)c3cc(F)ccc32)CC=C1F. The van der Waals surface area contributed by atoms with Crippen molar-refractivity contribution in [2.24, 2.45) is 5.41 Å². The number of nitrogens with zero attached hydrogens (tertiary/aromatic N) is 1. The van der Waals surface area contributed by atoms with Crippen LogP contribution in [0.15, 0.2) is 41.8 Å². The van der Waals surface area contributed by atoms with Crippen molar-refractivity contribution >= 4 is 16.9 Å². The summed E-state index contributed by atoms with van der Waals surface area (Å²) in [6.45, 7) is 7.02. The third kappa shape index (κ3) is 3.54. The standard InChI is InChI=1S/C27H31F2NO3/c1-16-13-27(3,9-6-21(16)29)30-22-5-4-19(28)12-20(22)23(18-14-26(2,15-18)25(31)32)24(30)17-7-10-33-11-8-17/h4-6,12-13,17-18H,7-11,14-15H2,1-3H3,(H,31,32). The summed E-state index contributed by atoms with van der Waals surface area (Å²) in [5.41, 5.74) is 2.52. The minimum absolute atomic E-state index is 0.0547. The fourth-order valence-electron chi connectivity index (χ4n) is 6.27. The first-order valence-electron chi connectivity index (χ1n) is 11.8. The molecule has 3 aliphatic rings. The molecule has 1 saturated heterocycles. The highest BCUT2D eigenvalue weighted by molar-refractivity contribution is 5.88. The van der Waals surface area contributed by atoms with Crippen LogP contribution >= 0.6 is 0 Å². The Kier molecular flexibility index (Phi) is 5.27. The number of carboxylic acids is 1. The zero-order valence-corrected chi connectivity index (χ0v) is 19.5. The first kappa shape index (κ1) is 22.3. The Morgan fingerprint density at radius 1 is 1.15 bits per heavy atom. The van der Waals surface area contributed by atoms with Crippen molar-refractivity contribution in [1.29, 1.82) is 0 Å². The molecule has 1 unspecified atom stereocenters. The molecular formula is C27H31F2NO3. The lowest BCUT2D eigenvalue weighted by Crippen LogP contribution is -2.41. The summed E-state index contributed by atoms with van der Waals surface area (Å²) in [6, 6.07) is 4.91. The largest absolute Gasteiger partial charge is 0.481 e. The Morgan fingerprint density at radius 3 is 2.48 bits per heavy atom. The Balaban J connectivity index is 1.75. The smallest absolute Gasteiger partial charge is 0.309 e. The molecule has 1 atom stereocenters. The van der Waals surface area contributed by atoms with Gasteiger partial charge in [-0.3, -0.25) is 4.79 Å². The van der Waals surface area contributed by atoms with Crippen molar-refractivity contribution in [3.05, 3.63) is 58.8 Å². The highest BCUT2D eigenvalue weighted by Gasteiger charge is 2.49. The van der Waals surface area contributed by atoms with E-state index < -0.39 is 16.9 Å². The van der Waals surface area contributed by atoms with Crippen LogP contribution in [0.3, 0.4) is 0 Å². The number of fused-ring (bicyclic) bond motifs is 1. The number of allylic oxidation sites excluding steroid dienone is 4. The van der Waals surface area contributed by atoms with Gasteiger partial charge in [0.1, 0.15) is 11.6 Å². The third-order valence-corrected chi connectivity index (χ3v) is 8.04. The average Bonchev–Trinajstić information content (AvgIpc) is 3.09. The van der Waals surface area contributed by atoms with Gasteiger partial charge in [-0.2, -0.15) is 0 Å². The lowest BCUT2D eigenvalue weighted by molar-refractivity contribution is -0.154. The lowest BCUT2D eigenvalue weighted by atomic mass is 9.60. The van der Waals surface area contributed by atoms with Crippen molar-refractivity contribution in [1.82, 2.24) is 4.57 Å². The van der Waals surface area contributed by atoms with E-state index in [9.17, 15) is 18.7 Å². The summed E-state index contributed by atoms with van der Waals surface area (Å²) in [5, 5.41) is 10.6. The van der Waals surface area contributed by atoms with Crippen LogP contribution in [-0.2, 0) is 15.1 Å². The highest BCUT2D eigenvalue weighted by atomic mass is 19.1. The molecule has 33 heavy (non-hydrogen) atoms. The topological polar surface area (TPSA) is 51.5 Å². The predicted molar refractivity (Wildman–Crippen MR) is 124 cm³/mol. The van der Waals surface area contributed by atoms with Gasteiger partial charge in [-0.05, 0) is 94.2 Å². The molecule has 1 aromatic carbocycles. The van der Waals surface area contributed by atoms with E-state index in [-0.39, 0.29) is 23.5 Å². The maximum Gasteiger partial charge on any atom is 0.309 e. The summed E-state index contributed by atoms with van der Waals surface area (Å²) in [6.07, 6.45) is 6.92. The van der Waals surface area contributed by atoms with Crippen LogP contribution in [0.2, 0.25) is 0 Å². The molecule has 1 saturated carbocycles. The average molecular weight is 456 g/mol. The van der Waals surface area contributed by atoms with Gasteiger partial charge in [0.15, 0.2) is 0 Å². The maximum atomic E-state index is 14.5. The molecular weight excluding hydrogens is 424 g/mol. The fourth-order valence-corrected chi connectivity index (χ4v) is 6.27. The van der Waals surface area contributed by atoms with Crippen molar-refractivity contribution in [2.45, 2.75) is 70.3 Å². The summed E-state index contributed by atoms with van der Waals surface area (Å²) in [4.78, 5) is 11.8. The monoisotopic (exact) mass is 455 g/mol. The van der Waals surface area contributed by atoms with Crippen LogP contribution in [-0.4, -0.2) is 28.9 Å². The summed E-state index contributed by atoms with van der Waals surface area (Å²) < 4.78 is 36.7. The number of hydrogen-bond donors (Lipinski definition) is 1. The van der Waals surface area contributed by atoms with Gasteiger partial charge in [0.2, 0.25) is 0 Å². The number of rotatable bonds is 4. The molecule has 0 radical (unpaired) electrons. The Morgan fingerprint density at radius 2 is 1.85 bits per heavy atom. The summed E-state index contributed by atoms with van der Waals surface area (Å²) >= 11 is 0. The number of benzene rings is 1. The van der Waals surface area contributed by atoms with Gasteiger partial charge in [-0.25, -0.2) is 8.78 Å². The molecule has 2 aliphatic carbocycles. The number of carbonyl (C=O) groups is 1. The maximum absolute atomic E-state index is 14.5. The molecule has 0 spiro atoms. The van der Waals surface area contributed by atoms with E-state index >= 15 is 0 Å². The van der Waals surface area contributed by atoms with Crippen molar-refractivity contribution in [2.75, 3.05) is 13.2 Å². The molecule has 0 amide bonds. The number of ether oxygens (including phenoxy) is 1. The molecule has 2 aromatic rings. The Bertz CT molecular complexity index is 1180. The van der Waals surface area contributed by atoms with Gasteiger partial charge in [0.25, 0.3) is 0 Å². The molecule has 4 nitrogen and oxygen atoms in total. The van der Waals surface area contributed by atoms with E-state index in [2.05, 4.69) is 11.5 Å².